The topological polar surface area (TPSA) is 101 Å². The van der Waals surface area contributed by atoms with Gasteiger partial charge in [0.2, 0.25) is 5.78 Å². The van der Waals surface area contributed by atoms with E-state index < -0.39 is 5.60 Å². The zero-order valence-corrected chi connectivity index (χ0v) is 20.8. The molecule has 3 N–H and O–H groups in total. The Morgan fingerprint density at radius 3 is 2.47 bits per heavy atom. The van der Waals surface area contributed by atoms with Crippen molar-refractivity contribution in [3.63, 3.8) is 0 Å². The monoisotopic (exact) mass is 506 g/mol. The fourth-order valence-corrected chi connectivity index (χ4v) is 3.94. The van der Waals surface area contributed by atoms with E-state index in [2.05, 4.69) is 20.9 Å². The molecular weight excluding hydrogens is 476 g/mol. The van der Waals surface area contributed by atoms with Crippen LogP contribution in [0, 0.1) is 0 Å². The molecule has 1 aliphatic heterocycles. The zero-order chi connectivity index (χ0) is 23.6. The molecule has 0 atom stereocenters. The Kier molecular flexibility index (Phi) is 7.07. The van der Waals surface area contributed by atoms with Gasteiger partial charge < -0.3 is 30.0 Å². The van der Waals surface area contributed by atoms with Gasteiger partial charge in [-0.1, -0.05) is 0 Å². The molecule has 0 saturated carbocycles. The standard InChI is InChI=1S/C23H31BrN4O4/c1-23(2,3)32-22(30)28-8-6-15(7-9-28)31-20-11-14-10-19(26-18(14)12-16(20)24)21(29)17(25)13-27(4)5/h10-13,15,26H,6-9,25H2,1-5H3/b17-13-. The molecule has 9 heteroatoms. The van der Waals surface area contributed by atoms with Gasteiger partial charge in [0.15, 0.2) is 0 Å². The second kappa shape index (κ2) is 9.44. The summed E-state index contributed by atoms with van der Waals surface area (Å²) in [6.07, 6.45) is 2.72. The first kappa shape index (κ1) is 24.0. The second-order valence-electron chi connectivity index (χ2n) is 9.21. The lowest BCUT2D eigenvalue weighted by Gasteiger charge is -2.33. The van der Waals surface area contributed by atoms with Crippen molar-refractivity contribution in [2.24, 2.45) is 5.73 Å². The summed E-state index contributed by atoms with van der Waals surface area (Å²) in [7, 11) is 3.62. The fraction of sp³-hybridized carbons (Fsp3) is 0.478. The van der Waals surface area contributed by atoms with Crippen LogP contribution in [0.3, 0.4) is 0 Å². The van der Waals surface area contributed by atoms with Crippen LogP contribution < -0.4 is 10.5 Å². The summed E-state index contributed by atoms with van der Waals surface area (Å²) in [6.45, 7) is 6.75. The highest BCUT2D eigenvalue weighted by Crippen LogP contribution is 2.33. The summed E-state index contributed by atoms with van der Waals surface area (Å²) < 4.78 is 12.5. The molecule has 1 aliphatic rings. The van der Waals surface area contributed by atoms with E-state index in [1.807, 2.05) is 47.0 Å². The smallest absolute Gasteiger partial charge is 0.410 e. The van der Waals surface area contributed by atoms with Crippen LogP contribution in [0.4, 0.5) is 4.79 Å². The second-order valence-corrected chi connectivity index (χ2v) is 10.1. The first-order valence-electron chi connectivity index (χ1n) is 10.6. The summed E-state index contributed by atoms with van der Waals surface area (Å²) >= 11 is 3.56. The number of nitrogens with zero attached hydrogens (tertiary/aromatic N) is 2. The number of hydrogen-bond donors (Lipinski definition) is 2. The number of H-pyrrole nitrogens is 1. The Balaban J connectivity index is 1.68. The van der Waals surface area contributed by atoms with Gasteiger partial charge in [-0.25, -0.2) is 4.79 Å². The molecule has 3 rings (SSSR count). The maximum absolute atomic E-state index is 12.6. The number of allylic oxidation sites excluding steroid dienone is 1. The van der Waals surface area contributed by atoms with Gasteiger partial charge in [0.1, 0.15) is 17.5 Å². The molecule has 1 amide bonds. The SMILES string of the molecule is CN(C)/C=C(\N)C(=O)c1cc2cc(OC3CCN(C(=O)OC(C)(C)C)CC3)c(Br)cc2[nH]1. The molecule has 32 heavy (non-hydrogen) atoms. The summed E-state index contributed by atoms with van der Waals surface area (Å²) in [4.78, 5) is 31.4. The number of nitrogens with two attached hydrogens (primary N) is 1. The van der Waals surface area contributed by atoms with E-state index in [1.54, 1.807) is 22.1 Å². The Morgan fingerprint density at radius 1 is 1.22 bits per heavy atom. The van der Waals surface area contributed by atoms with Crippen LogP contribution >= 0.6 is 15.9 Å². The molecule has 1 fully saturated rings. The maximum Gasteiger partial charge on any atom is 0.410 e. The van der Waals surface area contributed by atoms with Gasteiger partial charge >= 0.3 is 6.09 Å². The number of carbonyl (C=O) groups is 2. The highest BCUT2D eigenvalue weighted by Gasteiger charge is 2.28. The van der Waals surface area contributed by atoms with Crippen LogP contribution in [-0.4, -0.2) is 65.6 Å². The van der Waals surface area contributed by atoms with Crippen molar-refractivity contribution < 1.29 is 19.1 Å². The minimum absolute atomic E-state index is 0.0128. The third-order valence-corrected chi connectivity index (χ3v) is 5.58. The predicted molar refractivity (Wildman–Crippen MR) is 128 cm³/mol. The number of benzene rings is 1. The molecule has 0 radical (unpaired) electrons. The van der Waals surface area contributed by atoms with Crippen molar-refractivity contribution in [2.75, 3.05) is 27.2 Å². The van der Waals surface area contributed by atoms with Crippen LogP contribution in [0.1, 0.15) is 44.1 Å². The Labute approximate surface area is 196 Å². The number of hydrogen-bond acceptors (Lipinski definition) is 6. The van der Waals surface area contributed by atoms with Crippen LogP contribution in [0.5, 0.6) is 5.75 Å². The number of aromatic nitrogens is 1. The van der Waals surface area contributed by atoms with Crippen molar-refractivity contribution in [1.82, 2.24) is 14.8 Å². The summed E-state index contributed by atoms with van der Waals surface area (Å²) in [5.41, 5.74) is 6.79. The van der Waals surface area contributed by atoms with Crippen LogP contribution in [0.2, 0.25) is 0 Å². The third kappa shape index (κ3) is 5.97. The van der Waals surface area contributed by atoms with Crippen LogP contribution in [-0.2, 0) is 4.74 Å². The van der Waals surface area contributed by atoms with Crippen molar-refractivity contribution in [2.45, 2.75) is 45.3 Å². The minimum atomic E-state index is -0.506. The van der Waals surface area contributed by atoms with Gasteiger partial charge in [0, 0.05) is 57.1 Å². The molecular formula is C23H31BrN4O4. The fourth-order valence-electron chi connectivity index (χ4n) is 3.50. The van der Waals surface area contributed by atoms with Crippen molar-refractivity contribution in [3.05, 3.63) is 40.3 Å². The van der Waals surface area contributed by atoms with E-state index in [4.69, 9.17) is 15.2 Å². The number of aromatic amines is 1. The summed E-state index contributed by atoms with van der Waals surface area (Å²) in [6, 6.07) is 5.57. The zero-order valence-electron chi connectivity index (χ0n) is 19.2. The van der Waals surface area contributed by atoms with Crippen LogP contribution in [0.25, 0.3) is 10.9 Å². The number of ketones is 1. The number of halogens is 1. The first-order valence-corrected chi connectivity index (χ1v) is 11.4. The molecule has 0 spiro atoms. The molecule has 1 aromatic heterocycles. The number of fused-ring (bicyclic) bond motifs is 1. The number of likely N-dealkylation sites (tertiary alicyclic amines) is 1. The lowest BCUT2D eigenvalue weighted by atomic mass is 10.1. The molecule has 8 nitrogen and oxygen atoms in total. The molecule has 2 heterocycles. The first-order chi connectivity index (χ1) is 14.9. The minimum Gasteiger partial charge on any atom is -0.489 e. The van der Waals surface area contributed by atoms with Gasteiger partial charge in [-0.15, -0.1) is 0 Å². The normalized spacial score (nSPS) is 15.7. The van der Waals surface area contributed by atoms with E-state index in [-0.39, 0.29) is 23.7 Å². The molecule has 1 aromatic carbocycles. The molecule has 0 aliphatic carbocycles. The lowest BCUT2D eigenvalue weighted by molar-refractivity contribution is 0.0126. The summed E-state index contributed by atoms with van der Waals surface area (Å²) in [5, 5.41) is 0.857. The average molecular weight is 507 g/mol. The van der Waals surface area contributed by atoms with Crippen molar-refractivity contribution >= 4 is 38.7 Å². The Hall–Kier alpha value is -2.68. The number of Topliss-reactive ketones (excluding diaryl/α,β-unsaturated/α-hetero) is 1. The number of piperidine rings is 1. The lowest BCUT2D eigenvalue weighted by Crippen LogP contribution is -2.44. The highest BCUT2D eigenvalue weighted by molar-refractivity contribution is 9.10. The van der Waals surface area contributed by atoms with E-state index in [0.717, 1.165) is 15.4 Å². The Morgan fingerprint density at radius 2 is 1.88 bits per heavy atom. The predicted octanol–water partition coefficient (Wildman–Crippen LogP) is 4.25. The number of ether oxygens (including phenoxy) is 2. The van der Waals surface area contributed by atoms with Gasteiger partial charge in [-0.05, 0) is 54.9 Å². The third-order valence-electron chi connectivity index (χ3n) is 4.96. The number of carbonyl (C=O) groups excluding carboxylic acids is 2. The van der Waals surface area contributed by atoms with E-state index >= 15 is 0 Å². The van der Waals surface area contributed by atoms with E-state index in [9.17, 15) is 9.59 Å². The Bertz CT molecular complexity index is 1030. The van der Waals surface area contributed by atoms with E-state index in [0.29, 0.717) is 37.4 Å². The molecule has 0 bridgehead atoms. The van der Waals surface area contributed by atoms with Gasteiger partial charge in [0.25, 0.3) is 0 Å². The molecule has 174 valence electrons. The van der Waals surface area contributed by atoms with Gasteiger partial charge in [0.05, 0.1) is 15.9 Å². The van der Waals surface area contributed by atoms with Gasteiger partial charge in [-0.2, -0.15) is 0 Å². The number of nitrogens with one attached hydrogen (secondary N) is 1. The number of amides is 1. The maximum atomic E-state index is 12.6. The molecule has 0 unspecified atom stereocenters. The number of rotatable bonds is 5. The average Bonchev–Trinajstić information content (AvgIpc) is 3.09. The summed E-state index contributed by atoms with van der Waals surface area (Å²) in [5.74, 6) is 0.436. The molecule has 1 saturated heterocycles. The largest absolute Gasteiger partial charge is 0.489 e. The van der Waals surface area contributed by atoms with Crippen molar-refractivity contribution in [3.8, 4) is 5.75 Å². The van der Waals surface area contributed by atoms with E-state index in [1.165, 1.54) is 0 Å². The van der Waals surface area contributed by atoms with Crippen molar-refractivity contribution in [1.29, 1.82) is 0 Å². The quantitative estimate of drug-likeness (QED) is 0.464. The van der Waals surface area contributed by atoms with Gasteiger partial charge in [-0.3, -0.25) is 4.79 Å². The van der Waals surface area contributed by atoms with Crippen LogP contribution in [0.15, 0.2) is 34.6 Å². The molecule has 2 aromatic rings. The highest BCUT2D eigenvalue weighted by atomic mass is 79.9.